The monoisotopic (exact) mass is 137 g/mol. The molecule has 1 aromatic carbocycles. The number of rotatable bonds is 2. The van der Waals surface area contributed by atoms with Crippen molar-refractivity contribution in [2.45, 2.75) is 6.92 Å². The van der Waals surface area contributed by atoms with E-state index in [1.54, 1.807) is 18.2 Å². The molecular weight excluding hydrogens is 128 g/mol. The molecule has 0 amide bonds. The van der Waals surface area contributed by atoms with Gasteiger partial charge >= 0.3 is 0 Å². The van der Waals surface area contributed by atoms with E-state index in [2.05, 4.69) is 6.07 Å². The molecule has 0 atom stereocenters. The van der Waals surface area contributed by atoms with Gasteiger partial charge in [-0.15, -0.1) is 0 Å². The molecule has 1 radical (unpaired) electrons. The highest BCUT2D eigenvalue weighted by molar-refractivity contribution is 5.36. The summed E-state index contributed by atoms with van der Waals surface area (Å²) in [5.41, 5.74) is 0. The lowest BCUT2D eigenvalue weighted by molar-refractivity contribution is 0.317. The van der Waals surface area contributed by atoms with Crippen LogP contribution in [0.25, 0.3) is 0 Å². The summed E-state index contributed by atoms with van der Waals surface area (Å²) in [6.07, 6.45) is 0. The molecule has 0 aliphatic rings. The Kier molecular flexibility index (Phi) is 2.15. The van der Waals surface area contributed by atoms with Crippen LogP contribution in [0.4, 0.5) is 0 Å². The summed E-state index contributed by atoms with van der Waals surface area (Å²) >= 11 is 0. The highest BCUT2D eigenvalue weighted by atomic mass is 16.5. The lowest BCUT2D eigenvalue weighted by Gasteiger charge is -2.02. The number of hydrogen-bond acceptors (Lipinski definition) is 2. The van der Waals surface area contributed by atoms with E-state index in [1.165, 1.54) is 0 Å². The summed E-state index contributed by atoms with van der Waals surface area (Å²) in [4.78, 5) is 0. The predicted octanol–water partition coefficient (Wildman–Crippen LogP) is 1.59. The Balaban J connectivity index is 2.81. The zero-order chi connectivity index (χ0) is 7.40. The molecule has 2 heteroatoms. The molecule has 1 N–H and O–H groups in total. The van der Waals surface area contributed by atoms with Crippen molar-refractivity contribution >= 4 is 0 Å². The Morgan fingerprint density at radius 2 is 2.50 bits per heavy atom. The van der Waals surface area contributed by atoms with Gasteiger partial charge in [-0.1, -0.05) is 12.1 Å². The highest BCUT2D eigenvalue weighted by Crippen LogP contribution is 2.23. The van der Waals surface area contributed by atoms with E-state index >= 15 is 0 Å². The summed E-state index contributed by atoms with van der Waals surface area (Å²) in [5, 5.41) is 9.09. The molecule has 1 aromatic rings. The van der Waals surface area contributed by atoms with E-state index in [-0.39, 0.29) is 5.75 Å². The summed E-state index contributed by atoms with van der Waals surface area (Å²) in [6.45, 7) is 2.41. The van der Waals surface area contributed by atoms with E-state index in [1.807, 2.05) is 6.92 Å². The first-order chi connectivity index (χ1) is 4.84. The Hall–Kier alpha value is -1.18. The number of aromatic hydroxyl groups is 1. The van der Waals surface area contributed by atoms with Gasteiger partial charge in [0.05, 0.1) is 6.61 Å². The van der Waals surface area contributed by atoms with E-state index in [4.69, 9.17) is 9.84 Å². The third-order valence-electron chi connectivity index (χ3n) is 1.09. The van der Waals surface area contributed by atoms with Crippen molar-refractivity contribution in [3.63, 3.8) is 0 Å². The zero-order valence-corrected chi connectivity index (χ0v) is 5.79. The van der Waals surface area contributed by atoms with E-state index in [0.717, 1.165) is 0 Å². The number of phenolic OH excluding ortho intramolecular Hbond substituents is 1. The first kappa shape index (κ1) is 6.93. The van der Waals surface area contributed by atoms with E-state index < -0.39 is 0 Å². The molecule has 53 valence electrons. The third kappa shape index (κ3) is 1.41. The first-order valence-electron chi connectivity index (χ1n) is 3.17. The molecule has 1 rings (SSSR count). The van der Waals surface area contributed by atoms with Crippen LogP contribution in [-0.2, 0) is 0 Å². The topological polar surface area (TPSA) is 29.5 Å². The molecular formula is C8H9O2. The summed E-state index contributed by atoms with van der Waals surface area (Å²) in [6, 6.07) is 7.74. The molecule has 0 aliphatic carbocycles. The van der Waals surface area contributed by atoms with Crippen LogP contribution < -0.4 is 4.74 Å². The molecule has 0 heterocycles. The van der Waals surface area contributed by atoms with Crippen LogP contribution in [0.2, 0.25) is 0 Å². The predicted molar refractivity (Wildman–Crippen MR) is 38.1 cm³/mol. The number of phenols is 1. The minimum Gasteiger partial charge on any atom is -0.504 e. The first-order valence-corrected chi connectivity index (χ1v) is 3.17. The molecule has 0 aliphatic heterocycles. The van der Waals surface area contributed by atoms with Crippen LogP contribution in [0.15, 0.2) is 18.2 Å². The number of benzene rings is 1. The maximum atomic E-state index is 9.09. The van der Waals surface area contributed by atoms with Crippen molar-refractivity contribution in [2.75, 3.05) is 6.61 Å². The Morgan fingerprint density at radius 1 is 1.70 bits per heavy atom. The summed E-state index contributed by atoms with van der Waals surface area (Å²) in [5.74, 6) is 0.564. The molecule has 0 saturated carbocycles. The smallest absolute Gasteiger partial charge is 0.168 e. The van der Waals surface area contributed by atoms with Gasteiger partial charge < -0.3 is 9.84 Å². The Bertz CT molecular complexity index is 208. The highest BCUT2D eigenvalue weighted by Gasteiger charge is 1.96. The number of hydrogen-bond donors (Lipinski definition) is 1. The third-order valence-corrected chi connectivity index (χ3v) is 1.09. The standard InChI is InChI=1S/C8H9O2/c1-2-10-8-6-4-3-5-7(8)9/h3-5,9H,2H2,1H3. The summed E-state index contributed by atoms with van der Waals surface area (Å²) in [7, 11) is 0. The Morgan fingerprint density at radius 3 is 3.10 bits per heavy atom. The quantitative estimate of drug-likeness (QED) is 0.670. The van der Waals surface area contributed by atoms with Crippen molar-refractivity contribution in [2.24, 2.45) is 0 Å². The van der Waals surface area contributed by atoms with E-state index in [0.29, 0.717) is 12.4 Å². The van der Waals surface area contributed by atoms with E-state index in [9.17, 15) is 0 Å². The lowest BCUT2D eigenvalue weighted by Crippen LogP contribution is -1.90. The van der Waals surface area contributed by atoms with Gasteiger partial charge in [0, 0.05) is 6.07 Å². The van der Waals surface area contributed by atoms with Gasteiger partial charge in [-0.05, 0) is 13.0 Å². The van der Waals surface area contributed by atoms with Crippen molar-refractivity contribution in [1.82, 2.24) is 0 Å². The number of para-hydroxylation sites is 1. The SMILES string of the molecule is CCOc1[c]cccc1O. The van der Waals surface area contributed by atoms with Gasteiger partial charge in [-0.3, -0.25) is 0 Å². The molecule has 0 bridgehead atoms. The van der Waals surface area contributed by atoms with Crippen molar-refractivity contribution < 1.29 is 9.84 Å². The van der Waals surface area contributed by atoms with Crippen LogP contribution in [0.1, 0.15) is 6.92 Å². The fourth-order valence-corrected chi connectivity index (χ4v) is 0.673. The lowest BCUT2D eigenvalue weighted by atomic mass is 10.3. The van der Waals surface area contributed by atoms with Gasteiger partial charge in [0.2, 0.25) is 0 Å². The second kappa shape index (κ2) is 3.11. The molecule has 0 aromatic heterocycles. The largest absolute Gasteiger partial charge is 0.504 e. The molecule has 0 spiro atoms. The molecule has 0 saturated heterocycles. The van der Waals surface area contributed by atoms with Crippen LogP contribution in [0.5, 0.6) is 11.5 Å². The second-order valence-corrected chi connectivity index (χ2v) is 1.82. The van der Waals surface area contributed by atoms with Gasteiger partial charge in [0.15, 0.2) is 11.5 Å². The van der Waals surface area contributed by atoms with Crippen LogP contribution in [0.3, 0.4) is 0 Å². The number of ether oxygens (including phenoxy) is 1. The van der Waals surface area contributed by atoms with Crippen molar-refractivity contribution in [3.8, 4) is 11.5 Å². The van der Waals surface area contributed by atoms with Crippen molar-refractivity contribution in [1.29, 1.82) is 0 Å². The minimum atomic E-state index is 0.143. The van der Waals surface area contributed by atoms with Crippen LogP contribution >= 0.6 is 0 Å². The van der Waals surface area contributed by atoms with Gasteiger partial charge in [-0.2, -0.15) is 0 Å². The van der Waals surface area contributed by atoms with Gasteiger partial charge in [0.25, 0.3) is 0 Å². The fraction of sp³-hybridized carbons (Fsp3) is 0.250. The maximum Gasteiger partial charge on any atom is 0.168 e. The van der Waals surface area contributed by atoms with Gasteiger partial charge in [-0.25, -0.2) is 0 Å². The fourth-order valence-electron chi connectivity index (χ4n) is 0.673. The second-order valence-electron chi connectivity index (χ2n) is 1.82. The normalized spacial score (nSPS) is 9.30. The van der Waals surface area contributed by atoms with Gasteiger partial charge in [0.1, 0.15) is 0 Å². The molecule has 0 fully saturated rings. The maximum absolute atomic E-state index is 9.09. The summed E-state index contributed by atoms with van der Waals surface area (Å²) < 4.78 is 5.03. The average Bonchev–Trinajstić information content (AvgIpc) is 1.94. The molecule has 10 heavy (non-hydrogen) atoms. The van der Waals surface area contributed by atoms with Crippen LogP contribution in [0, 0.1) is 6.07 Å². The Labute approximate surface area is 60.1 Å². The average molecular weight is 137 g/mol. The molecule has 2 nitrogen and oxygen atoms in total. The van der Waals surface area contributed by atoms with Crippen LogP contribution in [-0.4, -0.2) is 11.7 Å². The molecule has 0 unspecified atom stereocenters. The van der Waals surface area contributed by atoms with Crippen molar-refractivity contribution in [3.05, 3.63) is 24.3 Å². The zero-order valence-electron chi connectivity index (χ0n) is 5.79. The minimum absolute atomic E-state index is 0.143.